The number of benzene rings is 1. The lowest BCUT2D eigenvalue weighted by Crippen LogP contribution is -2.18. The van der Waals surface area contributed by atoms with E-state index in [-0.39, 0.29) is 0 Å². The van der Waals surface area contributed by atoms with Gasteiger partial charge in [0.15, 0.2) is 0 Å². The Labute approximate surface area is 134 Å². The van der Waals surface area contributed by atoms with Crippen molar-refractivity contribution in [1.82, 2.24) is 10.3 Å². The minimum absolute atomic E-state index is 0.548. The Morgan fingerprint density at radius 1 is 1.14 bits per heavy atom. The van der Waals surface area contributed by atoms with Crippen LogP contribution in [0, 0.1) is 5.92 Å². The number of nitrogens with zero attached hydrogens (tertiary/aromatic N) is 1. The lowest BCUT2D eigenvalue weighted by molar-refractivity contribution is 0.304. The molecule has 1 aromatic carbocycles. The van der Waals surface area contributed by atoms with Crippen molar-refractivity contribution in [3.05, 3.63) is 58.3 Å². The number of halogens is 1. The van der Waals surface area contributed by atoms with Crippen molar-refractivity contribution in [2.45, 2.75) is 27.0 Å². The fraction of sp³-hybridized carbons (Fsp3) is 0.353. The van der Waals surface area contributed by atoms with Crippen molar-refractivity contribution in [2.75, 3.05) is 6.54 Å². The van der Waals surface area contributed by atoms with Gasteiger partial charge in [-0.05, 0) is 63.8 Å². The molecule has 0 bridgehead atoms. The first kappa shape index (κ1) is 16.0. The van der Waals surface area contributed by atoms with E-state index in [1.165, 1.54) is 5.56 Å². The maximum atomic E-state index is 5.83. The van der Waals surface area contributed by atoms with Gasteiger partial charge in [-0.3, -0.25) is 4.98 Å². The number of pyridine rings is 1. The molecule has 0 radical (unpaired) electrons. The zero-order valence-corrected chi connectivity index (χ0v) is 14.1. The highest BCUT2D eigenvalue weighted by molar-refractivity contribution is 9.10. The normalized spacial score (nSPS) is 10.9. The van der Waals surface area contributed by atoms with Crippen LogP contribution in [-0.2, 0) is 13.2 Å². The Kier molecular flexibility index (Phi) is 6.21. The van der Waals surface area contributed by atoms with Crippen molar-refractivity contribution in [3.63, 3.8) is 0 Å². The van der Waals surface area contributed by atoms with Gasteiger partial charge < -0.3 is 10.1 Å². The van der Waals surface area contributed by atoms with Gasteiger partial charge in [-0.1, -0.05) is 19.9 Å². The van der Waals surface area contributed by atoms with Crippen LogP contribution in [-0.4, -0.2) is 11.5 Å². The molecule has 0 fully saturated rings. The highest BCUT2D eigenvalue weighted by atomic mass is 79.9. The van der Waals surface area contributed by atoms with Gasteiger partial charge >= 0.3 is 0 Å². The summed E-state index contributed by atoms with van der Waals surface area (Å²) in [7, 11) is 0. The minimum atomic E-state index is 0.548. The van der Waals surface area contributed by atoms with Crippen LogP contribution in [0.2, 0.25) is 0 Å². The molecule has 0 amide bonds. The van der Waals surface area contributed by atoms with Crippen LogP contribution < -0.4 is 10.1 Å². The topological polar surface area (TPSA) is 34.1 Å². The van der Waals surface area contributed by atoms with E-state index in [2.05, 4.69) is 52.2 Å². The van der Waals surface area contributed by atoms with Gasteiger partial charge in [0.2, 0.25) is 0 Å². The Bertz CT molecular complexity index is 558. The Balaban J connectivity index is 1.90. The van der Waals surface area contributed by atoms with E-state index in [1.807, 2.05) is 18.2 Å². The molecule has 0 aliphatic rings. The van der Waals surface area contributed by atoms with Gasteiger partial charge in [0, 0.05) is 18.9 Å². The second-order valence-corrected chi connectivity index (χ2v) is 6.29. The molecule has 0 aliphatic carbocycles. The molecule has 2 aromatic rings. The van der Waals surface area contributed by atoms with E-state index in [9.17, 15) is 0 Å². The quantitative estimate of drug-likeness (QED) is 0.815. The highest BCUT2D eigenvalue weighted by Crippen LogP contribution is 2.26. The van der Waals surface area contributed by atoms with Crippen molar-refractivity contribution in [2.24, 2.45) is 5.92 Å². The van der Waals surface area contributed by atoms with Crippen LogP contribution in [0.15, 0.2) is 47.2 Å². The van der Waals surface area contributed by atoms with Crippen LogP contribution in [0.4, 0.5) is 0 Å². The first-order valence-corrected chi connectivity index (χ1v) is 7.95. The summed E-state index contributed by atoms with van der Waals surface area (Å²) in [6.07, 6.45) is 3.55. The van der Waals surface area contributed by atoms with Crippen molar-refractivity contribution in [3.8, 4) is 5.75 Å². The lowest BCUT2D eigenvalue weighted by Gasteiger charge is -2.11. The van der Waals surface area contributed by atoms with Crippen molar-refractivity contribution >= 4 is 15.9 Å². The second-order valence-electron chi connectivity index (χ2n) is 5.43. The number of nitrogens with one attached hydrogen (secondary N) is 1. The summed E-state index contributed by atoms with van der Waals surface area (Å²) in [4.78, 5) is 4.00. The number of ether oxygens (including phenoxy) is 1. The van der Waals surface area contributed by atoms with Gasteiger partial charge in [0.25, 0.3) is 0 Å². The van der Waals surface area contributed by atoms with Crippen molar-refractivity contribution < 1.29 is 4.74 Å². The van der Waals surface area contributed by atoms with E-state index in [1.54, 1.807) is 12.4 Å². The largest absolute Gasteiger partial charge is 0.488 e. The molecule has 0 aliphatic heterocycles. The number of rotatable bonds is 7. The van der Waals surface area contributed by atoms with Crippen molar-refractivity contribution in [1.29, 1.82) is 0 Å². The molecule has 0 saturated heterocycles. The summed E-state index contributed by atoms with van der Waals surface area (Å²) in [6, 6.07) is 10.1. The average molecular weight is 349 g/mol. The maximum Gasteiger partial charge on any atom is 0.134 e. The molecule has 0 unspecified atom stereocenters. The summed E-state index contributed by atoms with van der Waals surface area (Å²) in [5, 5.41) is 3.44. The minimum Gasteiger partial charge on any atom is -0.488 e. The number of aromatic nitrogens is 1. The first-order chi connectivity index (χ1) is 10.1. The van der Waals surface area contributed by atoms with Gasteiger partial charge in [0.05, 0.1) is 4.47 Å². The zero-order valence-electron chi connectivity index (χ0n) is 12.5. The lowest BCUT2D eigenvalue weighted by atomic mass is 10.2. The third-order valence-corrected chi connectivity index (χ3v) is 3.64. The highest BCUT2D eigenvalue weighted by Gasteiger charge is 2.04. The van der Waals surface area contributed by atoms with E-state index in [4.69, 9.17) is 4.74 Å². The van der Waals surface area contributed by atoms with Gasteiger partial charge in [-0.25, -0.2) is 0 Å². The summed E-state index contributed by atoms with van der Waals surface area (Å²) in [6.45, 7) is 6.86. The SMILES string of the molecule is CC(C)CNCc1ccc(OCc2ccncc2)c(Br)c1. The molecular formula is C17H21BrN2O. The van der Waals surface area contributed by atoms with Gasteiger partial charge in [-0.2, -0.15) is 0 Å². The molecule has 0 saturated carbocycles. The molecule has 2 rings (SSSR count). The fourth-order valence-corrected chi connectivity index (χ4v) is 2.46. The molecule has 21 heavy (non-hydrogen) atoms. The molecule has 112 valence electrons. The van der Waals surface area contributed by atoms with Crippen LogP contribution in [0.3, 0.4) is 0 Å². The maximum absolute atomic E-state index is 5.83. The Morgan fingerprint density at radius 3 is 2.57 bits per heavy atom. The Morgan fingerprint density at radius 2 is 1.90 bits per heavy atom. The summed E-state index contributed by atoms with van der Waals surface area (Å²) >= 11 is 3.58. The van der Waals surface area contributed by atoms with E-state index < -0.39 is 0 Å². The summed E-state index contributed by atoms with van der Waals surface area (Å²) in [5.41, 5.74) is 2.36. The Hall–Kier alpha value is -1.39. The van der Waals surface area contributed by atoms with E-state index in [0.717, 1.165) is 28.9 Å². The van der Waals surface area contributed by atoms with Crippen LogP contribution in [0.25, 0.3) is 0 Å². The number of hydrogen-bond acceptors (Lipinski definition) is 3. The van der Waals surface area contributed by atoms with Gasteiger partial charge in [0.1, 0.15) is 12.4 Å². The molecule has 4 heteroatoms. The zero-order chi connectivity index (χ0) is 15.1. The molecular weight excluding hydrogens is 328 g/mol. The van der Waals surface area contributed by atoms with E-state index in [0.29, 0.717) is 12.5 Å². The molecule has 1 N–H and O–H groups in total. The summed E-state index contributed by atoms with van der Waals surface area (Å²) in [5.74, 6) is 1.52. The second kappa shape index (κ2) is 8.15. The number of hydrogen-bond donors (Lipinski definition) is 1. The monoisotopic (exact) mass is 348 g/mol. The smallest absolute Gasteiger partial charge is 0.134 e. The fourth-order valence-electron chi connectivity index (χ4n) is 1.92. The third kappa shape index (κ3) is 5.48. The predicted octanol–water partition coefficient (Wildman–Crippen LogP) is 4.17. The van der Waals surface area contributed by atoms with Crippen LogP contribution >= 0.6 is 15.9 Å². The van der Waals surface area contributed by atoms with E-state index >= 15 is 0 Å². The van der Waals surface area contributed by atoms with Crippen LogP contribution in [0.5, 0.6) is 5.75 Å². The predicted molar refractivity (Wildman–Crippen MR) is 89.3 cm³/mol. The molecule has 0 atom stereocenters. The molecule has 1 aromatic heterocycles. The van der Waals surface area contributed by atoms with Gasteiger partial charge in [-0.15, -0.1) is 0 Å². The molecule has 3 nitrogen and oxygen atoms in total. The first-order valence-electron chi connectivity index (χ1n) is 7.16. The molecule has 1 heterocycles. The molecule has 0 spiro atoms. The van der Waals surface area contributed by atoms with Crippen LogP contribution in [0.1, 0.15) is 25.0 Å². The summed E-state index contributed by atoms with van der Waals surface area (Å²) < 4.78 is 6.81. The standard InChI is InChI=1S/C17H21BrN2O/c1-13(2)10-20-11-15-3-4-17(16(18)9-15)21-12-14-5-7-19-8-6-14/h3-9,13,20H,10-12H2,1-2H3. The third-order valence-electron chi connectivity index (χ3n) is 3.02. The average Bonchev–Trinajstić information content (AvgIpc) is 2.47.